The minimum atomic E-state index is -1.13. The van der Waals surface area contributed by atoms with Crippen LogP contribution in [-0.4, -0.2) is 36.0 Å². The maximum Gasteiger partial charge on any atom is 0.358 e. The van der Waals surface area contributed by atoms with E-state index in [4.69, 9.17) is 0 Å². The number of hydrogen-bond acceptors (Lipinski definition) is 6. The molecule has 0 aliphatic heterocycles. The van der Waals surface area contributed by atoms with Gasteiger partial charge in [0.15, 0.2) is 5.69 Å². The summed E-state index contributed by atoms with van der Waals surface area (Å²) in [6, 6.07) is 5.29. The van der Waals surface area contributed by atoms with Crippen molar-refractivity contribution in [2.24, 2.45) is 0 Å². The lowest BCUT2D eigenvalue weighted by Gasteiger charge is -2.04. The minimum absolute atomic E-state index is 0.111. The number of nitrogens with zero attached hydrogens (tertiary/aromatic N) is 5. The average Bonchev–Trinajstić information content (AvgIpc) is 3.07. The molecule has 21 heavy (non-hydrogen) atoms. The van der Waals surface area contributed by atoms with Gasteiger partial charge in [0, 0.05) is 11.6 Å². The molecule has 7 nitrogen and oxygen atoms in total. The fourth-order valence-electron chi connectivity index (χ4n) is 1.96. The summed E-state index contributed by atoms with van der Waals surface area (Å²) >= 11 is 1.53. The van der Waals surface area contributed by atoms with Crippen LogP contribution in [0.4, 0.5) is 0 Å². The maximum absolute atomic E-state index is 11.3. The molecule has 3 aromatic rings. The molecule has 0 bridgehead atoms. The highest BCUT2D eigenvalue weighted by molar-refractivity contribution is 7.09. The van der Waals surface area contributed by atoms with E-state index < -0.39 is 5.97 Å². The number of aromatic carboxylic acids is 1. The van der Waals surface area contributed by atoms with Gasteiger partial charge in [0.05, 0.1) is 22.9 Å². The van der Waals surface area contributed by atoms with E-state index in [-0.39, 0.29) is 5.69 Å². The minimum Gasteiger partial charge on any atom is -0.476 e. The Hall–Kier alpha value is -2.61. The first-order chi connectivity index (χ1) is 10.1. The average molecular weight is 301 g/mol. The predicted molar refractivity (Wildman–Crippen MR) is 76.2 cm³/mol. The van der Waals surface area contributed by atoms with E-state index in [1.165, 1.54) is 16.0 Å². The zero-order valence-corrected chi connectivity index (χ0v) is 11.9. The number of carboxylic acid groups (broad SMARTS) is 1. The summed E-state index contributed by atoms with van der Waals surface area (Å²) in [6.45, 7) is 2.27. The number of pyridine rings is 1. The van der Waals surface area contributed by atoms with Gasteiger partial charge < -0.3 is 5.11 Å². The molecule has 0 radical (unpaired) electrons. The summed E-state index contributed by atoms with van der Waals surface area (Å²) in [7, 11) is 0. The topological polar surface area (TPSA) is 93.8 Å². The molecular formula is C13H11N5O2S. The fraction of sp³-hybridized carbons (Fsp3) is 0.154. The Morgan fingerprint density at radius 3 is 2.90 bits per heavy atom. The number of aryl methyl sites for hydroxylation is 1. The Labute approximate surface area is 123 Å². The highest BCUT2D eigenvalue weighted by Crippen LogP contribution is 2.21. The summed E-state index contributed by atoms with van der Waals surface area (Å²) in [5.41, 5.74) is 1.61. The van der Waals surface area contributed by atoms with Crippen molar-refractivity contribution < 1.29 is 9.90 Å². The van der Waals surface area contributed by atoms with Gasteiger partial charge in [0.1, 0.15) is 5.69 Å². The lowest BCUT2D eigenvalue weighted by molar-refractivity contribution is 0.0691. The van der Waals surface area contributed by atoms with E-state index in [1.54, 1.807) is 24.4 Å². The molecule has 1 N–H and O–H groups in total. The van der Waals surface area contributed by atoms with Crippen molar-refractivity contribution in [3.63, 3.8) is 0 Å². The molecule has 0 amide bonds. The van der Waals surface area contributed by atoms with E-state index in [9.17, 15) is 9.90 Å². The fourth-order valence-corrected chi connectivity index (χ4v) is 2.56. The van der Waals surface area contributed by atoms with Gasteiger partial charge in [-0.2, -0.15) is 0 Å². The first kappa shape index (κ1) is 13.4. The summed E-state index contributed by atoms with van der Waals surface area (Å²) in [4.78, 5) is 19.9. The SMILES string of the molecule is Cc1nc(Cn2nnc(C(=O)O)c2-c2ccccn2)cs1. The van der Waals surface area contributed by atoms with Gasteiger partial charge >= 0.3 is 5.97 Å². The Morgan fingerprint density at radius 2 is 2.29 bits per heavy atom. The molecular weight excluding hydrogens is 290 g/mol. The number of rotatable bonds is 4. The number of thiazole rings is 1. The number of hydrogen-bond donors (Lipinski definition) is 1. The van der Waals surface area contributed by atoms with Crippen LogP contribution in [0, 0.1) is 6.92 Å². The second-order valence-electron chi connectivity index (χ2n) is 4.32. The van der Waals surface area contributed by atoms with Crippen molar-refractivity contribution in [2.45, 2.75) is 13.5 Å². The van der Waals surface area contributed by atoms with Gasteiger partial charge in [-0.05, 0) is 19.1 Å². The molecule has 0 aliphatic rings. The van der Waals surface area contributed by atoms with Crippen molar-refractivity contribution in [3.8, 4) is 11.4 Å². The maximum atomic E-state index is 11.3. The monoisotopic (exact) mass is 301 g/mol. The van der Waals surface area contributed by atoms with E-state index in [0.29, 0.717) is 17.9 Å². The molecule has 106 valence electrons. The zero-order chi connectivity index (χ0) is 14.8. The lowest BCUT2D eigenvalue weighted by Crippen LogP contribution is -2.07. The summed E-state index contributed by atoms with van der Waals surface area (Å²) in [5.74, 6) is -1.13. The van der Waals surface area contributed by atoms with Crippen LogP contribution in [0.2, 0.25) is 0 Å². The number of carboxylic acids is 1. The largest absolute Gasteiger partial charge is 0.476 e. The number of carbonyl (C=O) groups is 1. The van der Waals surface area contributed by atoms with Crippen molar-refractivity contribution >= 4 is 17.3 Å². The molecule has 0 aliphatic carbocycles. The predicted octanol–water partition coefficient (Wildman–Crippen LogP) is 1.85. The Kier molecular flexibility index (Phi) is 3.44. The highest BCUT2D eigenvalue weighted by Gasteiger charge is 2.21. The van der Waals surface area contributed by atoms with Crippen LogP contribution in [0.25, 0.3) is 11.4 Å². The third kappa shape index (κ3) is 2.65. The molecule has 0 saturated carbocycles. The van der Waals surface area contributed by atoms with Crippen LogP contribution in [0.5, 0.6) is 0 Å². The molecule has 0 saturated heterocycles. The van der Waals surface area contributed by atoms with E-state index in [0.717, 1.165) is 10.7 Å². The van der Waals surface area contributed by atoms with E-state index in [2.05, 4.69) is 20.3 Å². The molecule has 3 heterocycles. The smallest absolute Gasteiger partial charge is 0.358 e. The van der Waals surface area contributed by atoms with Crippen molar-refractivity contribution in [1.82, 2.24) is 25.0 Å². The van der Waals surface area contributed by atoms with Crippen LogP contribution in [0.1, 0.15) is 21.2 Å². The van der Waals surface area contributed by atoms with Gasteiger partial charge in [-0.15, -0.1) is 16.4 Å². The number of aromatic nitrogens is 5. The second-order valence-corrected chi connectivity index (χ2v) is 5.38. The van der Waals surface area contributed by atoms with Gasteiger partial charge in [-0.25, -0.2) is 14.5 Å². The Bertz CT molecular complexity index is 781. The molecule has 0 unspecified atom stereocenters. The van der Waals surface area contributed by atoms with Crippen LogP contribution in [0.15, 0.2) is 29.8 Å². The van der Waals surface area contributed by atoms with Crippen molar-refractivity contribution in [1.29, 1.82) is 0 Å². The summed E-state index contributed by atoms with van der Waals surface area (Å²) in [5, 5.41) is 19.8. The molecule has 0 fully saturated rings. The van der Waals surface area contributed by atoms with Crippen molar-refractivity contribution in [3.05, 3.63) is 46.2 Å². The third-order valence-corrected chi connectivity index (χ3v) is 3.65. The second kappa shape index (κ2) is 5.41. The van der Waals surface area contributed by atoms with Crippen molar-refractivity contribution in [2.75, 3.05) is 0 Å². The summed E-state index contributed by atoms with van der Waals surface area (Å²) < 4.78 is 1.51. The van der Waals surface area contributed by atoms with Gasteiger partial charge in [0.25, 0.3) is 0 Å². The van der Waals surface area contributed by atoms with Crippen LogP contribution < -0.4 is 0 Å². The standard InChI is InChI=1S/C13H11N5O2S/c1-8-15-9(7-21-8)6-18-12(10-4-2-3-5-14-10)11(13(19)20)16-17-18/h2-5,7H,6H2,1H3,(H,19,20). The summed E-state index contributed by atoms with van der Waals surface area (Å²) in [6.07, 6.45) is 1.60. The van der Waals surface area contributed by atoms with Gasteiger partial charge in [-0.3, -0.25) is 4.98 Å². The quantitative estimate of drug-likeness (QED) is 0.790. The zero-order valence-electron chi connectivity index (χ0n) is 11.1. The molecule has 0 aromatic carbocycles. The molecule has 3 aromatic heterocycles. The van der Waals surface area contributed by atoms with E-state index in [1.807, 2.05) is 12.3 Å². The lowest BCUT2D eigenvalue weighted by atomic mass is 10.2. The van der Waals surface area contributed by atoms with Crippen LogP contribution >= 0.6 is 11.3 Å². The molecule has 0 spiro atoms. The highest BCUT2D eigenvalue weighted by atomic mass is 32.1. The Morgan fingerprint density at radius 1 is 1.43 bits per heavy atom. The van der Waals surface area contributed by atoms with Gasteiger partial charge in [0.2, 0.25) is 0 Å². The molecule has 0 atom stereocenters. The molecule has 8 heteroatoms. The molecule has 3 rings (SSSR count). The van der Waals surface area contributed by atoms with Crippen LogP contribution in [-0.2, 0) is 6.54 Å². The normalized spacial score (nSPS) is 10.7. The first-order valence-electron chi connectivity index (χ1n) is 6.14. The third-order valence-electron chi connectivity index (χ3n) is 2.82. The first-order valence-corrected chi connectivity index (χ1v) is 7.02. The van der Waals surface area contributed by atoms with Crippen LogP contribution in [0.3, 0.4) is 0 Å². The Balaban J connectivity index is 2.07. The van der Waals surface area contributed by atoms with Gasteiger partial charge in [-0.1, -0.05) is 11.3 Å². The van der Waals surface area contributed by atoms with E-state index >= 15 is 0 Å².